The molecule has 2 heterocycles. The monoisotopic (exact) mass is 212 g/mol. The molecule has 2 N–H and O–H groups in total. The molecule has 1 aliphatic rings. The van der Waals surface area contributed by atoms with Gasteiger partial charge >= 0.3 is 0 Å². The summed E-state index contributed by atoms with van der Waals surface area (Å²) < 4.78 is 5.34. The Hall–Kier alpha value is -0.640. The molecule has 0 saturated carbocycles. The lowest BCUT2D eigenvalue weighted by molar-refractivity contribution is 0.352. The lowest BCUT2D eigenvalue weighted by atomic mass is 9.95. The van der Waals surface area contributed by atoms with Crippen molar-refractivity contribution in [3.63, 3.8) is 0 Å². The fourth-order valence-corrected chi connectivity index (χ4v) is 3.08. The molecule has 1 aliphatic heterocycles. The van der Waals surface area contributed by atoms with Crippen molar-refractivity contribution in [1.82, 2.24) is 5.16 Å². The van der Waals surface area contributed by atoms with Crippen LogP contribution in [0, 0.1) is 0 Å². The van der Waals surface area contributed by atoms with Crippen LogP contribution >= 0.6 is 11.8 Å². The number of rotatable bonds is 2. The highest BCUT2D eigenvalue weighted by atomic mass is 32.2. The van der Waals surface area contributed by atoms with Gasteiger partial charge in [-0.25, -0.2) is 0 Å². The van der Waals surface area contributed by atoms with Crippen molar-refractivity contribution in [1.29, 1.82) is 0 Å². The normalized spacial score (nSPS) is 18.6. The van der Waals surface area contributed by atoms with Gasteiger partial charge in [-0.05, 0) is 30.8 Å². The van der Waals surface area contributed by atoms with Crippen LogP contribution in [0.3, 0.4) is 0 Å². The first-order valence-corrected chi connectivity index (χ1v) is 6.30. The molecule has 0 bridgehead atoms. The summed E-state index contributed by atoms with van der Waals surface area (Å²) >= 11 is 2.02. The Labute approximate surface area is 88.4 Å². The number of anilines is 1. The Bertz CT molecular complexity index is 305. The summed E-state index contributed by atoms with van der Waals surface area (Å²) in [4.78, 5) is 0. The Balaban J connectivity index is 2.21. The SMILES string of the molecule is CCc1c(N)noc1C1CCSCC1. The minimum atomic E-state index is 0.552. The maximum absolute atomic E-state index is 5.75. The van der Waals surface area contributed by atoms with E-state index in [0.717, 1.165) is 17.7 Å². The summed E-state index contributed by atoms with van der Waals surface area (Å²) in [7, 11) is 0. The first kappa shape index (κ1) is 9.90. The Morgan fingerprint density at radius 2 is 2.21 bits per heavy atom. The topological polar surface area (TPSA) is 52.0 Å². The van der Waals surface area contributed by atoms with Crippen LogP contribution in [-0.4, -0.2) is 16.7 Å². The molecule has 0 aliphatic carbocycles. The van der Waals surface area contributed by atoms with Crippen LogP contribution in [0.2, 0.25) is 0 Å². The fourth-order valence-electron chi connectivity index (χ4n) is 1.97. The Morgan fingerprint density at radius 1 is 1.50 bits per heavy atom. The third kappa shape index (κ3) is 1.75. The van der Waals surface area contributed by atoms with Gasteiger partial charge in [0.25, 0.3) is 0 Å². The van der Waals surface area contributed by atoms with Crippen molar-refractivity contribution in [2.45, 2.75) is 32.1 Å². The molecule has 0 atom stereocenters. The molecule has 78 valence electrons. The molecule has 1 fully saturated rings. The molecular weight excluding hydrogens is 196 g/mol. The van der Waals surface area contributed by atoms with Crippen molar-refractivity contribution in [2.24, 2.45) is 0 Å². The molecule has 1 aromatic rings. The summed E-state index contributed by atoms with van der Waals surface area (Å²) in [5.41, 5.74) is 6.88. The summed E-state index contributed by atoms with van der Waals surface area (Å²) in [5, 5.41) is 3.86. The van der Waals surface area contributed by atoms with E-state index < -0.39 is 0 Å². The first-order valence-electron chi connectivity index (χ1n) is 5.14. The lowest BCUT2D eigenvalue weighted by Crippen LogP contribution is -2.08. The summed E-state index contributed by atoms with van der Waals surface area (Å²) in [5.74, 6) is 4.64. The largest absolute Gasteiger partial charge is 0.381 e. The predicted octanol–water partition coefficient (Wildman–Crippen LogP) is 2.43. The molecule has 3 nitrogen and oxygen atoms in total. The van der Waals surface area contributed by atoms with Gasteiger partial charge in [-0.1, -0.05) is 12.1 Å². The van der Waals surface area contributed by atoms with E-state index in [-0.39, 0.29) is 0 Å². The van der Waals surface area contributed by atoms with E-state index in [0.29, 0.717) is 11.7 Å². The number of nitrogens with zero attached hydrogens (tertiary/aromatic N) is 1. The van der Waals surface area contributed by atoms with Crippen LogP contribution in [-0.2, 0) is 6.42 Å². The average molecular weight is 212 g/mol. The van der Waals surface area contributed by atoms with E-state index in [2.05, 4.69) is 12.1 Å². The van der Waals surface area contributed by atoms with Gasteiger partial charge in [0.2, 0.25) is 0 Å². The van der Waals surface area contributed by atoms with Crippen molar-refractivity contribution in [3.8, 4) is 0 Å². The fraction of sp³-hybridized carbons (Fsp3) is 0.700. The first-order chi connectivity index (χ1) is 6.83. The summed E-state index contributed by atoms with van der Waals surface area (Å²) in [6.07, 6.45) is 3.33. The van der Waals surface area contributed by atoms with Crippen LogP contribution in [0.15, 0.2) is 4.52 Å². The van der Waals surface area contributed by atoms with Crippen molar-refractivity contribution >= 4 is 17.6 Å². The van der Waals surface area contributed by atoms with Crippen LogP contribution in [0.25, 0.3) is 0 Å². The van der Waals surface area contributed by atoms with Crippen LogP contribution in [0.4, 0.5) is 5.82 Å². The zero-order valence-corrected chi connectivity index (χ0v) is 9.27. The van der Waals surface area contributed by atoms with Gasteiger partial charge in [0.1, 0.15) is 5.76 Å². The predicted molar refractivity (Wildman–Crippen MR) is 59.6 cm³/mol. The summed E-state index contributed by atoms with van der Waals surface area (Å²) in [6.45, 7) is 2.10. The van der Waals surface area contributed by atoms with Gasteiger partial charge in [0.05, 0.1) is 0 Å². The van der Waals surface area contributed by atoms with Gasteiger partial charge in [0, 0.05) is 11.5 Å². The van der Waals surface area contributed by atoms with E-state index in [1.807, 2.05) is 11.8 Å². The van der Waals surface area contributed by atoms with Gasteiger partial charge in [0.15, 0.2) is 5.82 Å². The van der Waals surface area contributed by atoms with Gasteiger partial charge in [-0.15, -0.1) is 0 Å². The average Bonchev–Trinajstić information content (AvgIpc) is 2.61. The van der Waals surface area contributed by atoms with E-state index >= 15 is 0 Å². The second-order valence-corrected chi connectivity index (χ2v) is 4.88. The number of thioether (sulfide) groups is 1. The molecule has 0 unspecified atom stereocenters. The molecule has 0 aromatic carbocycles. The second kappa shape index (κ2) is 4.26. The highest BCUT2D eigenvalue weighted by Gasteiger charge is 2.23. The van der Waals surface area contributed by atoms with Crippen molar-refractivity contribution in [2.75, 3.05) is 17.2 Å². The van der Waals surface area contributed by atoms with Crippen molar-refractivity contribution < 1.29 is 4.52 Å². The molecule has 2 rings (SSSR count). The molecule has 4 heteroatoms. The lowest BCUT2D eigenvalue weighted by Gasteiger charge is -2.19. The van der Waals surface area contributed by atoms with Crippen LogP contribution in [0.5, 0.6) is 0 Å². The molecule has 14 heavy (non-hydrogen) atoms. The van der Waals surface area contributed by atoms with Crippen molar-refractivity contribution in [3.05, 3.63) is 11.3 Å². The number of aromatic nitrogens is 1. The van der Waals surface area contributed by atoms with Crippen LogP contribution in [0.1, 0.15) is 37.0 Å². The maximum atomic E-state index is 5.75. The van der Waals surface area contributed by atoms with Crippen LogP contribution < -0.4 is 5.73 Å². The minimum Gasteiger partial charge on any atom is -0.381 e. The van der Waals surface area contributed by atoms with E-state index in [1.165, 1.54) is 24.3 Å². The zero-order chi connectivity index (χ0) is 9.97. The highest BCUT2D eigenvalue weighted by molar-refractivity contribution is 7.99. The zero-order valence-electron chi connectivity index (χ0n) is 8.45. The molecule has 0 spiro atoms. The molecular formula is C10H16N2OS. The molecule has 1 aromatic heterocycles. The number of hydrogen-bond acceptors (Lipinski definition) is 4. The third-order valence-electron chi connectivity index (χ3n) is 2.79. The Kier molecular flexibility index (Phi) is 3.01. The minimum absolute atomic E-state index is 0.552. The number of nitrogen functional groups attached to an aromatic ring is 1. The van der Waals surface area contributed by atoms with Gasteiger partial charge < -0.3 is 10.3 Å². The number of nitrogens with two attached hydrogens (primary N) is 1. The smallest absolute Gasteiger partial charge is 0.170 e. The standard InChI is InChI=1S/C10H16N2OS/c1-2-8-9(13-12-10(8)11)7-3-5-14-6-4-7/h7H,2-6H2,1H3,(H2,11,12). The van der Waals surface area contributed by atoms with Gasteiger partial charge in [-0.3, -0.25) is 0 Å². The van der Waals surface area contributed by atoms with E-state index in [1.54, 1.807) is 0 Å². The highest BCUT2D eigenvalue weighted by Crippen LogP contribution is 2.35. The molecule has 0 amide bonds. The second-order valence-electron chi connectivity index (χ2n) is 3.65. The van der Waals surface area contributed by atoms with Gasteiger partial charge in [-0.2, -0.15) is 11.8 Å². The molecule has 0 radical (unpaired) electrons. The molecule has 1 saturated heterocycles. The maximum Gasteiger partial charge on any atom is 0.170 e. The Morgan fingerprint density at radius 3 is 2.86 bits per heavy atom. The van der Waals surface area contributed by atoms with E-state index in [9.17, 15) is 0 Å². The van der Waals surface area contributed by atoms with E-state index in [4.69, 9.17) is 10.3 Å². The third-order valence-corrected chi connectivity index (χ3v) is 3.84. The number of hydrogen-bond donors (Lipinski definition) is 1. The summed E-state index contributed by atoms with van der Waals surface area (Å²) in [6, 6.07) is 0. The quantitative estimate of drug-likeness (QED) is 0.818.